The molecular formula is C22H27N3O3. The molecule has 0 bridgehead atoms. The minimum atomic E-state index is -0.619. The van der Waals surface area contributed by atoms with Crippen molar-refractivity contribution in [2.24, 2.45) is 0 Å². The van der Waals surface area contributed by atoms with E-state index in [1.54, 1.807) is 0 Å². The molecule has 6 heteroatoms. The summed E-state index contributed by atoms with van der Waals surface area (Å²) in [6.45, 7) is 0.0272. The molecular weight excluding hydrogens is 354 g/mol. The molecule has 3 N–H and O–H groups in total. The molecule has 0 aliphatic heterocycles. The molecule has 0 spiro atoms. The van der Waals surface area contributed by atoms with Crippen molar-refractivity contribution in [3.8, 4) is 0 Å². The lowest BCUT2D eigenvalue weighted by Crippen LogP contribution is -2.33. The fourth-order valence-corrected chi connectivity index (χ4v) is 3.26. The van der Waals surface area contributed by atoms with Crippen LogP contribution in [0.3, 0.4) is 0 Å². The fraction of sp³-hybridized carbons (Fsp3) is 0.364. The van der Waals surface area contributed by atoms with Crippen LogP contribution in [0.2, 0.25) is 0 Å². The number of anilines is 2. The lowest BCUT2D eigenvalue weighted by molar-refractivity contribution is -0.115. The molecule has 148 valence electrons. The average molecular weight is 381 g/mol. The first kappa shape index (κ1) is 19.7. The van der Waals surface area contributed by atoms with E-state index in [4.69, 9.17) is 4.74 Å². The van der Waals surface area contributed by atoms with Crippen molar-refractivity contribution in [3.63, 3.8) is 0 Å². The van der Waals surface area contributed by atoms with Crippen LogP contribution >= 0.6 is 0 Å². The quantitative estimate of drug-likeness (QED) is 0.668. The minimum absolute atomic E-state index is 0.143. The summed E-state index contributed by atoms with van der Waals surface area (Å²) in [5.74, 6) is -0.301. The lowest BCUT2D eigenvalue weighted by Gasteiger charge is -2.23. The second-order valence-corrected chi connectivity index (χ2v) is 7.02. The van der Waals surface area contributed by atoms with Gasteiger partial charge in [-0.1, -0.05) is 49.6 Å². The number of alkyl carbamates (subject to hydrolysis) is 1. The van der Waals surface area contributed by atoms with Gasteiger partial charge in [0.25, 0.3) is 0 Å². The van der Waals surface area contributed by atoms with Gasteiger partial charge >= 0.3 is 6.09 Å². The van der Waals surface area contributed by atoms with E-state index in [0.29, 0.717) is 11.7 Å². The molecule has 1 saturated carbocycles. The van der Waals surface area contributed by atoms with E-state index in [0.717, 1.165) is 11.3 Å². The SMILES string of the molecule is O=C(CNC(=O)OCc1ccccc1)Nc1ccc(NC2CCCCC2)cc1. The summed E-state index contributed by atoms with van der Waals surface area (Å²) in [6.07, 6.45) is 5.71. The second-order valence-electron chi connectivity index (χ2n) is 7.02. The van der Waals surface area contributed by atoms with Gasteiger partial charge in [0.15, 0.2) is 0 Å². The van der Waals surface area contributed by atoms with Crippen LogP contribution in [-0.4, -0.2) is 24.6 Å². The number of hydrogen-bond acceptors (Lipinski definition) is 4. The highest BCUT2D eigenvalue weighted by atomic mass is 16.5. The summed E-state index contributed by atoms with van der Waals surface area (Å²) in [5.41, 5.74) is 2.65. The molecule has 0 aromatic heterocycles. The Hall–Kier alpha value is -3.02. The van der Waals surface area contributed by atoms with Crippen molar-refractivity contribution in [1.82, 2.24) is 5.32 Å². The Morgan fingerprint density at radius 1 is 0.893 bits per heavy atom. The molecule has 2 aromatic carbocycles. The molecule has 0 saturated heterocycles. The van der Waals surface area contributed by atoms with Crippen LogP contribution < -0.4 is 16.0 Å². The molecule has 0 unspecified atom stereocenters. The van der Waals surface area contributed by atoms with Gasteiger partial charge in [-0.25, -0.2) is 4.79 Å². The van der Waals surface area contributed by atoms with Crippen LogP contribution in [-0.2, 0) is 16.1 Å². The highest BCUT2D eigenvalue weighted by molar-refractivity contribution is 5.93. The zero-order valence-corrected chi connectivity index (χ0v) is 15.9. The van der Waals surface area contributed by atoms with Gasteiger partial charge in [0, 0.05) is 17.4 Å². The first-order valence-corrected chi connectivity index (χ1v) is 9.80. The van der Waals surface area contributed by atoms with E-state index in [1.807, 2.05) is 54.6 Å². The predicted octanol–water partition coefficient (Wildman–Crippen LogP) is 4.30. The highest BCUT2D eigenvalue weighted by Gasteiger charge is 2.13. The fourth-order valence-electron chi connectivity index (χ4n) is 3.26. The summed E-state index contributed by atoms with van der Waals surface area (Å²) < 4.78 is 5.08. The van der Waals surface area contributed by atoms with E-state index < -0.39 is 6.09 Å². The van der Waals surface area contributed by atoms with Crippen LogP contribution in [0.15, 0.2) is 54.6 Å². The molecule has 3 rings (SSSR count). The summed E-state index contributed by atoms with van der Waals surface area (Å²) in [4.78, 5) is 23.7. The Morgan fingerprint density at radius 3 is 2.29 bits per heavy atom. The monoisotopic (exact) mass is 381 g/mol. The number of amides is 2. The first-order chi connectivity index (χ1) is 13.7. The largest absolute Gasteiger partial charge is 0.445 e. The number of benzene rings is 2. The second kappa shape index (κ2) is 10.3. The van der Waals surface area contributed by atoms with Crippen molar-refractivity contribution in [2.45, 2.75) is 44.8 Å². The maximum absolute atomic E-state index is 12.0. The zero-order chi connectivity index (χ0) is 19.6. The van der Waals surface area contributed by atoms with Gasteiger partial charge in [0.1, 0.15) is 13.2 Å². The lowest BCUT2D eigenvalue weighted by atomic mass is 9.95. The number of carbonyl (C=O) groups is 2. The standard InChI is InChI=1S/C22H27N3O3/c26-21(15-23-22(27)28-16-17-7-3-1-4-8-17)25-20-13-11-19(12-14-20)24-18-9-5-2-6-10-18/h1,3-4,7-8,11-14,18,24H,2,5-6,9-10,15-16H2,(H,23,27)(H,25,26). The topological polar surface area (TPSA) is 79.5 Å². The normalized spacial score (nSPS) is 14.1. The van der Waals surface area contributed by atoms with Gasteiger partial charge in [0.05, 0.1) is 0 Å². The van der Waals surface area contributed by atoms with Gasteiger partial charge in [0.2, 0.25) is 5.91 Å². The highest BCUT2D eigenvalue weighted by Crippen LogP contribution is 2.22. The van der Waals surface area contributed by atoms with Crippen molar-refractivity contribution < 1.29 is 14.3 Å². The van der Waals surface area contributed by atoms with Gasteiger partial charge in [-0.15, -0.1) is 0 Å². The van der Waals surface area contributed by atoms with Gasteiger partial charge in [-0.2, -0.15) is 0 Å². The number of hydrogen-bond donors (Lipinski definition) is 3. The van der Waals surface area contributed by atoms with Crippen LogP contribution in [0.25, 0.3) is 0 Å². The third-order valence-electron chi connectivity index (χ3n) is 4.75. The number of carbonyl (C=O) groups excluding carboxylic acids is 2. The van der Waals surface area contributed by atoms with Crippen molar-refractivity contribution in [2.75, 3.05) is 17.2 Å². The Labute approximate surface area is 165 Å². The molecule has 1 aliphatic rings. The molecule has 0 atom stereocenters. The van der Waals surface area contributed by atoms with Crippen molar-refractivity contribution >= 4 is 23.4 Å². The Morgan fingerprint density at radius 2 is 1.57 bits per heavy atom. The molecule has 2 amide bonds. The number of ether oxygens (including phenoxy) is 1. The molecule has 28 heavy (non-hydrogen) atoms. The maximum Gasteiger partial charge on any atom is 0.407 e. The Balaban J connectivity index is 1.36. The van der Waals surface area contributed by atoms with Crippen LogP contribution in [0.4, 0.5) is 16.2 Å². The number of nitrogens with one attached hydrogen (secondary N) is 3. The predicted molar refractivity (Wildman–Crippen MR) is 110 cm³/mol. The summed E-state index contributed by atoms with van der Waals surface area (Å²) in [6, 6.07) is 17.6. The minimum Gasteiger partial charge on any atom is -0.445 e. The molecule has 2 aromatic rings. The molecule has 0 radical (unpaired) electrons. The Bertz CT molecular complexity index is 756. The molecule has 1 aliphatic carbocycles. The van der Waals surface area contributed by atoms with E-state index in [-0.39, 0.29) is 19.1 Å². The van der Waals surface area contributed by atoms with E-state index in [1.165, 1.54) is 32.1 Å². The maximum atomic E-state index is 12.0. The summed E-state index contributed by atoms with van der Waals surface area (Å²) in [5, 5.41) is 8.76. The van der Waals surface area contributed by atoms with E-state index >= 15 is 0 Å². The van der Waals surface area contributed by atoms with Crippen molar-refractivity contribution in [1.29, 1.82) is 0 Å². The average Bonchev–Trinajstić information content (AvgIpc) is 2.74. The first-order valence-electron chi connectivity index (χ1n) is 9.80. The van der Waals surface area contributed by atoms with Gasteiger partial charge in [-0.05, 0) is 42.7 Å². The van der Waals surface area contributed by atoms with Crippen LogP contribution in [0.1, 0.15) is 37.7 Å². The van der Waals surface area contributed by atoms with E-state index in [9.17, 15) is 9.59 Å². The molecule has 0 heterocycles. The summed E-state index contributed by atoms with van der Waals surface area (Å²) >= 11 is 0. The Kier molecular flexibility index (Phi) is 7.29. The van der Waals surface area contributed by atoms with Crippen LogP contribution in [0, 0.1) is 0 Å². The van der Waals surface area contributed by atoms with Gasteiger partial charge in [-0.3, -0.25) is 4.79 Å². The summed E-state index contributed by atoms with van der Waals surface area (Å²) in [7, 11) is 0. The number of rotatable bonds is 7. The zero-order valence-electron chi connectivity index (χ0n) is 15.9. The smallest absolute Gasteiger partial charge is 0.407 e. The third kappa shape index (κ3) is 6.61. The third-order valence-corrected chi connectivity index (χ3v) is 4.75. The van der Waals surface area contributed by atoms with Crippen LogP contribution in [0.5, 0.6) is 0 Å². The van der Waals surface area contributed by atoms with E-state index in [2.05, 4.69) is 16.0 Å². The molecule has 1 fully saturated rings. The molecule has 6 nitrogen and oxygen atoms in total. The van der Waals surface area contributed by atoms with Crippen molar-refractivity contribution in [3.05, 3.63) is 60.2 Å². The van der Waals surface area contributed by atoms with Gasteiger partial charge < -0.3 is 20.7 Å².